The van der Waals surface area contributed by atoms with E-state index in [0.29, 0.717) is 52.5 Å². The van der Waals surface area contributed by atoms with Crippen LogP contribution < -0.4 is 30.1 Å². The number of nitrogens with two attached hydrogens (primary N) is 1. The van der Waals surface area contributed by atoms with Gasteiger partial charge < -0.3 is 29.9 Å². The predicted molar refractivity (Wildman–Crippen MR) is 178 cm³/mol. The molecule has 0 bridgehead atoms. The summed E-state index contributed by atoms with van der Waals surface area (Å²) >= 11 is 13.3. The summed E-state index contributed by atoms with van der Waals surface area (Å²) in [6.07, 6.45) is 4.34. The normalized spacial score (nSPS) is 18.0. The van der Waals surface area contributed by atoms with Crippen LogP contribution in [-0.2, 0) is 22.2 Å². The summed E-state index contributed by atoms with van der Waals surface area (Å²) in [5, 5.41) is 12.6. The van der Waals surface area contributed by atoms with Crippen molar-refractivity contribution in [3.8, 4) is 11.5 Å². The standard InChI is InChI=1S/C30H38Cl2N8O4S/c1-38-8-10-39(11-9-38)21-3-6-40(7-4-21)26-16-28(43-2)25(15-22(26)31)36-30-34-17-23(32)29(37-30)35-24-13-19-5-12-44-27(19)14-20(24)18-45(33,41)42/h13-17,21H,3-12,18H2,1-2H3,(H2,33,41,42)(H2,34,35,36,37). The highest BCUT2D eigenvalue weighted by Crippen LogP contribution is 2.40. The summed E-state index contributed by atoms with van der Waals surface area (Å²) in [5.41, 5.74) is 3.43. The molecule has 3 aliphatic heterocycles. The molecular formula is C30H38Cl2N8O4S. The molecule has 6 rings (SSSR count). The number of fused-ring (bicyclic) bond motifs is 1. The molecule has 4 heterocycles. The minimum absolute atomic E-state index is 0.245. The van der Waals surface area contributed by atoms with E-state index >= 15 is 0 Å². The van der Waals surface area contributed by atoms with E-state index in [-0.39, 0.29) is 22.5 Å². The van der Waals surface area contributed by atoms with Crippen molar-refractivity contribution in [1.29, 1.82) is 0 Å². The van der Waals surface area contributed by atoms with E-state index in [0.717, 1.165) is 63.4 Å². The molecule has 45 heavy (non-hydrogen) atoms. The average Bonchev–Trinajstić information content (AvgIpc) is 3.46. The van der Waals surface area contributed by atoms with Gasteiger partial charge in [0.25, 0.3) is 0 Å². The van der Waals surface area contributed by atoms with Gasteiger partial charge in [-0.2, -0.15) is 4.98 Å². The zero-order chi connectivity index (χ0) is 31.7. The van der Waals surface area contributed by atoms with Crippen LogP contribution in [0.1, 0.15) is 24.0 Å². The van der Waals surface area contributed by atoms with Crippen molar-refractivity contribution in [1.82, 2.24) is 19.8 Å². The van der Waals surface area contributed by atoms with Crippen LogP contribution in [-0.4, -0.2) is 94.3 Å². The molecule has 2 aromatic carbocycles. The van der Waals surface area contributed by atoms with Gasteiger partial charge in [-0.3, -0.25) is 4.90 Å². The summed E-state index contributed by atoms with van der Waals surface area (Å²) in [5.74, 6) is 1.39. The molecule has 2 fully saturated rings. The number of sulfonamides is 1. The minimum Gasteiger partial charge on any atom is -0.494 e. The van der Waals surface area contributed by atoms with Crippen LogP contribution >= 0.6 is 23.2 Å². The number of nitrogens with one attached hydrogen (secondary N) is 2. The summed E-state index contributed by atoms with van der Waals surface area (Å²) in [4.78, 5) is 16.3. The molecular weight excluding hydrogens is 639 g/mol. The maximum atomic E-state index is 12.0. The van der Waals surface area contributed by atoms with Crippen molar-refractivity contribution in [2.45, 2.75) is 31.1 Å². The Labute approximate surface area is 273 Å². The van der Waals surface area contributed by atoms with E-state index in [9.17, 15) is 8.42 Å². The smallest absolute Gasteiger partial charge is 0.229 e. The number of aromatic nitrogens is 2. The van der Waals surface area contributed by atoms with Crippen molar-refractivity contribution in [2.24, 2.45) is 5.14 Å². The minimum atomic E-state index is -3.81. The Hall–Kier alpha value is -3.07. The first kappa shape index (κ1) is 31.9. The van der Waals surface area contributed by atoms with Crippen molar-refractivity contribution in [3.63, 3.8) is 0 Å². The zero-order valence-corrected chi connectivity index (χ0v) is 27.7. The Morgan fingerprint density at radius 3 is 2.49 bits per heavy atom. The van der Waals surface area contributed by atoms with Crippen LogP contribution in [0.3, 0.4) is 0 Å². The van der Waals surface area contributed by atoms with Gasteiger partial charge in [-0.25, -0.2) is 18.5 Å². The largest absolute Gasteiger partial charge is 0.494 e. The molecule has 0 saturated carbocycles. The first-order valence-electron chi connectivity index (χ1n) is 15.0. The van der Waals surface area contributed by atoms with Gasteiger partial charge in [-0.05, 0) is 49.2 Å². The number of piperazine rings is 1. The molecule has 0 unspecified atom stereocenters. The van der Waals surface area contributed by atoms with Crippen LogP contribution in [0.15, 0.2) is 30.5 Å². The summed E-state index contributed by atoms with van der Waals surface area (Å²) in [7, 11) is -0.0159. The van der Waals surface area contributed by atoms with Gasteiger partial charge in [-0.1, -0.05) is 23.2 Å². The third kappa shape index (κ3) is 7.50. The first-order valence-corrected chi connectivity index (χ1v) is 17.4. The fourth-order valence-corrected chi connectivity index (χ4v) is 7.29. The second-order valence-corrected chi connectivity index (χ2v) is 14.2. The maximum Gasteiger partial charge on any atom is 0.229 e. The number of primary sulfonamides is 1. The lowest BCUT2D eigenvalue weighted by Gasteiger charge is -2.42. The van der Waals surface area contributed by atoms with Crippen LogP contribution in [0, 0.1) is 0 Å². The molecule has 3 aromatic rings. The lowest BCUT2D eigenvalue weighted by atomic mass is 10.0. The first-order chi connectivity index (χ1) is 21.6. The summed E-state index contributed by atoms with van der Waals surface area (Å²) in [6, 6.07) is 7.89. The van der Waals surface area contributed by atoms with Gasteiger partial charge in [0.15, 0.2) is 5.82 Å². The van der Waals surface area contributed by atoms with Crippen LogP contribution in [0.4, 0.5) is 28.8 Å². The van der Waals surface area contributed by atoms with E-state index in [1.54, 1.807) is 13.2 Å². The molecule has 0 aliphatic carbocycles. The number of rotatable bonds is 9. The second kappa shape index (κ2) is 13.3. The number of ether oxygens (including phenoxy) is 2. The van der Waals surface area contributed by atoms with E-state index in [2.05, 4.69) is 42.3 Å². The van der Waals surface area contributed by atoms with E-state index in [4.69, 9.17) is 37.8 Å². The summed E-state index contributed by atoms with van der Waals surface area (Å²) in [6.45, 7) is 6.85. The van der Waals surface area contributed by atoms with Crippen LogP contribution in [0.5, 0.6) is 11.5 Å². The Bertz CT molecular complexity index is 1660. The van der Waals surface area contributed by atoms with Crippen molar-refractivity contribution < 1.29 is 17.9 Å². The highest BCUT2D eigenvalue weighted by molar-refractivity contribution is 7.88. The number of halogens is 2. The molecule has 3 aliphatic rings. The fraction of sp³-hybridized carbons (Fsp3) is 0.467. The zero-order valence-electron chi connectivity index (χ0n) is 25.4. The second-order valence-electron chi connectivity index (χ2n) is 11.7. The number of nitrogens with zero attached hydrogens (tertiary/aromatic N) is 5. The van der Waals surface area contributed by atoms with E-state index < -0.39 is 10.0 Å². The Morgan fingerprint density at radius 2 is 1.78 bits per heavy atom. The molecule has 0 spiro atoms. The maximum absolute atomic E-state index is 12.0. The third-order valence-electron chi connectivity index (χ3n) is 8.64. The lowest BCUT2D eigenvalue weighted by Crippen LogP contribution is -2.52. The average molecular weight is 678 g/mol. The van der Waals surface area contributed by atoms with E-state index in [1.165, 1.54) is 6.20 Å². The summed E-state index contributed by atoms with van der Waals surface area (Å²) < 4.78 is 35.3. The Balaban J connectivity index is 1.18. The van der Waals surface area contributed by atoms with Gasteiger partial charge in [0, 0.05) is 63.5 Å². The van der Waals surface area contributed by atoms with Crippen molar-refractivity contribution in [2.75, 3.05) is 75.6 Å². The highest BCUT2D eigenvalue weighted by atomic mass is 35.5. The van der Waals surface area contributed by atoms with Crippen LogP contribution in [0.2, 0.25) is 10.0 Å². The monoisotopic (exact) mass is 676 g/mol. The number of benzene rings is 2. The molecule has 0 atom stereocenters. The lowest BCUT2D eigenvalue weighted by molar-refractivity contribution is 0.0982. The van der Waals surface area contributed by atoms with Gasteiger partial charge in [0.1, 0.15) is 16.5 Å². The predicted octanol–water partition coefficient (Wildman–Crippen LogP) is 4.22. The molecule has 12 nitrogen and oxygen atoms in total. The quantitative estimate of drug-likeness (QED) is 0.300. The number of anilines is 5. The molecule has 0 amide bonds. The molecule has 2 saturated heterocycles. The topological polar surface area (TPSA) is 138 Å². The Morgan fingerprint density at radius 1 is 1.02 bits per heavy atom. The number of likely N-dealkylation sites (N-methyl/N-ethyl adjacent to an activating group) is 1. The molecule has 15 heteroatoms. The number of hydrogen-bond donors (Lipinski definition) is 3. The molecule has 242 valence electrons. The Kier molecular flexibility index (Phi) is 9.46. The van der Waals surface area contributed by atoms with E-state index in [1.807, 2.05) is 18.2 Å². The van der Waals surface area contributed by atoms with Crippen molar-refractivity contribution >= 4 is 62.1 Å². The molecule has 0 radical (unpaired) electrons. The number of piperidine rings is 1. The SMILES string of the molecule is COc1cc(N2CCC(N3CCN(C)CC3)CC2)c(Cl)cc1Nc1ncc(Cl)c(Nc2cc3c(cc2CS(N)(=O)=O)OCC3)n1. The van der Waals surface area contributed by atoms with Gasteiger partial charge in [-0.15, -0.1) is 0 Å². The van der Waals surface area contributed by atoms with Gasteiger partial charge >= 0.3 is 0 Å². The van der Waals surface area contributed by atoms with Gasteiger partial charge in [0.05, 0.1) is 42.1 Å². The number of hydrogen-bond acceptors (Lipinski definition) is 11. The molecule has 4 N–H and O–H groups in total. The van der Waals surface area contributed by atoms with Crippen molar-refractivity contribution in [3.05, 3.63) is 51.6 Å². The fourth-order valence-electron chi connectivity index (χ4n) is 6.19. The van der Waals surface area contributed by atoms with Crippen LogP contribution in [0.25, 0.3) is 0 Å². The highest BCUT2D eigenvalue weighted by Gasteiger charge is 2.28. The number of methoxy groups -OCH3 is 1. The van der Waals surface area contributed by atoms with Gasteiger partial charge in [0.2, 0.25) is 16.0 Å². The third-order valence-corrected chi connectivity index (χ3v) is 9.94. The molecule has 1 aromatic heterocycles.